The fourth-order valence-corrected chi connectivity index (χ4v) is 1.75. The van der Waals surface area contributed by atoms with E-state index in [1.165, 1.54) is 0 Å². The highest BCUT2D eigenvalue weighted by Crippen LogP contribution is 2.42. The molecule has 0 saturated heterocycles. The van der Waals surface area contributed by atoms with Crippen LogP contribution in [-0.4, -0.2) is 11.9 Å². The summed E-state index contributed by atoms with van der Waals surface area (Å²) in [4.78, 5) is 0. The van der Waals surface area contributed by atoms with Gasteiger partial charge in [-0.2, -0.15) is 0 Å². The zero-order valence-electron chi connectivity index (χ0n) is 8.69. The lowest BCUT2D eigenvalue weighted by molar-refractivity contribution is 0.174. The van der Waals surface area contributed by atoms with E-state index < -0.39 is 0 Å². The van der Waals surface area contributed by atoms with Gasteiger partial charge in [0.25, 0.3) is 0 Å². The Labute approximate surface area is 91.7 Å². The molecule has 0 aliphatic carbocycles. The molecule has 1 aromatic carbocycles. The first-order chi connectivity index (χ1) is 7.74. The molecule has 2 heterocycles. The van der Waals surface area contributed by atoms with E-state index in [1.807, 2.05) is 19.1 Å². The molecular formula is C11H10N2O3. The molecule has 82 valence electrons. The lowest BCUT2D eigenvalue weighted by Crippen LogP contribution is -1.93. The minimum Gasteiger partial charge on any atom is -0.454 e. The Morgan fingerprint density at radius 3 is 2.88 bits per heavy atom. The van der Waals surface area contributed by atoms with E-state index in [4.69, 9.17) is 19.7 Å². The summed E-state index contributed by atoms with van der Waals surface area (Å²) in [5.74, 6) is 2.35. The lowest BCUT2D eigenvalue weighted by Gasteiger charge is -2.03. The van der Waals surface area contributed by atoms with Gasteiger partial charge < -0.3 is 19.7 Å². The third kappa shape index (κ3) is 1.29. The van der Waals surface area contributed by atoms with Crippen LogP contribution in [0.15, 0.2) is 22.7 Å². The Kier molecular flexibility index (Phi) is 1.80. The summed E-state index contributed by atoms with van der Waals surface area (Å²) in [6.45, 7) is 2.21. The average Bonchev–Trinajstić information content (AvgIpc) is 2.84. The fourth-order valence-electron chi connectivity index (χ4n) is 1.75. The van der Waals surface area contributed by atoms with Gasteiger partial charge in [0.2, 0.25) is 6.79 Å². The van der Waals surface area contributed by atoms with Crippen molar-refractivity contribution < 1.29 is 14.0 Å². The highest BCUT2D eigenvalue weighted by atomic mass is 16.7. The van der Waals surface area contributed by atoms with Gasteiger partial charge >= 0.3 is 0 Å². The number of aryl methyl sites for hydroxylation is 1. The summed E-state index contributed by atoms with van der Waals surface area (Å²) >= 11 is 0. The summed E-state index contributed by atoms with van der Waals surface area (Å²) in [5, 5.41) is 3.65. The topological polar surface area (TPSA) is 70.5 Å². The first kappa shape index (κ1) is 9.08. The van der Waals surface area contributed by atoms with Gasteiger partial charge in [-0.25, -0.2) is 0 Å². The molecule has 3 rings (SSSR count). The summed E-state index contributed by atoms with van der Waals surface area (Å²) in [6.07, 6.45) is 0. The van der Waals surface area contributed by atoms with Crippen LogP contribution in [0.3, 0.4) is 0 Å². The van der Waals surface area contributed by atoms with Crippen LogP contribution >= 0.6 is 0 Å². The normalized spacial score (nSPS) is 13.1. The van der Waals surface area contributed by atoms with Crippen LogP contribution in [0.4, 0.5) is 5.82 Å². The predicted molar refractivity (Wildman–Crippen MR) is 57.2 cm³/mol. The van der Waals surface area contributed by atoms with Gasteiger partial charge in [0, 0.05) is 6.07 Å². The number of anilines is 1. The smallest absolute Gasteiger partial charge is 0.231 e. The van der Waals surface area contributed by atoms with E-state index in [1.54, 1.807) is 6.07 Å². The largest absolute Gasteiger partial charge is 0.454 e. The first-order valence-corrected chi connectivity index (χ1v) is 4.87. The van der Waals surface area contributed by atoms with E-state index in [9.17, 15) is 0 Å². The Morgan fingerprint density at radius 1 is 1.25 bits per heavy atom. The number of rotatable bonds is 1. The van der Waals surface area contributed by atoms with Crippen LogP contribution in [0.25, 0.3) is 11.3 Å². The second kappa shape index (κ2) is 3.16. The van der Waals surface area contributed by atoms with Gasteiger partial charge in [0.15, 0.2) is 23.1 Å². The highest BCUT2D eigenvalue weighted by molar-refractivity contribution is 5.72. The van der Waals surface area contributed by atoms with Crippen molar-refractivity contribution in [2.75, 3.05) is 12.5 Å². The van der Waals surface area contributed by atoms with Crippen LogP contribution in [0.2, 0.25) is 0 Å². The third-order valence-corrected chi connectivity index (χ3v) is 2.41. The van der Waals surface area contributed by atoms with Crippen LogP contribution in [0, 0.1) is 6.92 Å². The highest BCUT2D eigenvalue weighted by Gasteiger charge is 2.21. The molecule has 0 amide bonds. The van der Waals surface area contributed by atoms with Crippen molar-refractivity contribution in [3.63, 3.8) is 0 Å². The fraction of sp³-hybridized carbons (Fsp3) is 0.182. The summed E-state index contributed by atoms with van der Waals surface area (Å²) in [6, 6.07) is 5.54. The number of nitrogens with two attached hydrogens (primary N) is 1. The van der Waals surface area contributed by atoms with Gasteiger partial charge in [0.1, 0.15) is 0 Å². The molecule has 0 bridgehead atoms. The minimum absolute atomic E-state index is 0.232. The number of hydrogen-bond acceptors (Lipinski definition) is 5. The number of nitrogens with zero attached hydrogens (tertiary/aromatic N) is 1. The van der Waals surface area contributed by atoms with Crippen molar-refractivity contribution in [3.8, 4) is 22.8 Å². The molecule has 0 radical (unpaired) electrons. The zero-order chi connectivity index (χ0) is 11.1. The zero-order valence-corrected chi connectivity index (χ0v) is 8.69. The summed E-state index contributed by atoms with van der Waals surface area (Å²) in [5.41, 5.74) is 7.40. The Bertz CT molecular complexity index is 548. The molecule has 1 aliphatic rings. The Morgan fingerprint density at radius 2 is 2.12 bits per heavy atom. The molecule has 5 nitrogen and oxygen atoms in total. The van der Waals surface area contributed by atoms with E-state index in [-0.39, 0.29) is 6.79 Å². The van der Waals surface area contributed by atoms with Crippen molar-refractivity contribution in [2.45, 2.75) is 6.92 Å². The Balaban J connectivity index is 2.20. The van der Waals surface area contributed by atoms with Gasteiger partial charge in [-0.15, -0.1) is 0 Å². The molecule has 2 aromatic rings. The van der Waals surface area contributed by atoms with Gasteiger partial charge in [0.05, 0.1) is 5.56 Å². The van der Waals surface area contributed by atoms with E-state index >= 15 is 0 Å². The molecular weight excluding hydrogens is 208 g/mol. The van der Waals surface area contributed by atoms with Crippen LogP contribution < -0.4 is 15.2 Å². The molecule has 0 atom stereocenters. The number of fused-ring (bicyclic) bond motifs is 1. The van der Waals surface area contributed by atoms with E-state index in [0.29, 0.717) is 17.3 Å². The van der Waals surface area contributed by atoms with Crippen LogP contribution in [0.1, 0.15) is 5.56 Å². The SMILES string of the molecule is Cc1cc2c(c(-c3cc(N)no3)c1)OCO2. The van der Waals surface area contributed by atoms with E-state index in [0.717, 1.165) is 16.9 Å². The number of ether oxygens (including phenoxy) is 2. The summed E-state index contributed by atoms with van der Waals surface area (Å²) < 4.78 is 15.9. The molecule has 1 aromatic heterocycles. The molecule has 0 fully saturated rings. The van der Waals surface area contributed by atoms with Crippen molar-refractivity contribution in [2.24, 2.45) is 0 Å². The van der Waals surface area contributed by atoms with Gasteiger partial charge in [-0.3, -0.25) is 0 Å². The maximum absolute atomic E-state index is 5.52. The summed E-state index contributed by atoms with van der Waals surface area (Å²) in [7, 11) is 0. The maximum Gasteiger partial charge on any atom is 0.231 e. The molecule has 5 heteroatoms. The van der Waals surface area contributed by atoms with Crippen LogP contribution in [-0.2, 0) is 0 Å². The molecule has 1 aliphatic heterocycles. The Hall–Kier alpha value is -2.17. The maximum atomic E-state index is 5.52. The number of nitrogen functional groups attached to an aromatic ring is 1. The van der Waals surface area contributed by atoms with Crippen molar-refractivity contribution in [1.29, 1.82) is 0 Å². The van der Waals surface area contributed by atoms with Crippen LogP contribution in [0.5, 0.6) is 11.5 Å². The monoisotopic (exact) mass is 218 g/mol. The molecule has 0 unspecified atom stereocenters. The second-order valence-electron chi connectivity index (χ2n) is 3.66. The number of benzene rings is 1. The molecule has 0 saturated carbocycles. The molecule has 0 spiro atoms. The lowest BCUT2D eigenvalue weighted by atomic mass is 10.1. The molecule has 2 N–H and O–H groups in total. The first-order valence-electron chi connectivity index (χ1n) is 4.87. The molecule has 16 heavy (non-hydrogen) atoms. The van der Waals surface area contributed by atoms with Gasteiger partial charge in [-0.05, 0) is 24.6 Å². The number of aromatic nitrogens is 1. The van der Waals surface area contributed by atoms with E-state index in [2.05, 4.69) is 5.16 Å². The minimum atomic E-state index is 0.232. The quantitative estimate of drug-likeness (QED) is 0.792. The average molecular weight is 218 g/mol. The standard InChI is InChI=1S/C11H10N2O3/c1-6-2-7(8-4-10(12)13-16-8)11-9(3-6)14-5-15-11/h2-4H,5H2,1H3,(H2,12,13). The van der Waals surface area contributed by atoms with Crippen molar-refractivity contribution >= 4 is 5.82 Å². The van der Waals surface area contributed by atoms with Crippen molar-refractivity contribution in [1.82, 2.24) is 5.16 Å². The second-order valence-corrected chi connectivity index (χ2v) is 3.66. The van der Waals surface area contributed by atoms with Crippen molar-refractivity contribution in [3.05, 3.63) is 23.8 Å². The number of hydrogen-bond donors (Lipinski definition) is 1. The van der Waals surface area contributed by atoms with Gasteiger partial charge in [-0.1, -0.05) is 5.16 Å². The predicted octanol–water partition coefficient (Wildman–Crippen LogP) is 1.96. The third-order valence-electron chi connectivity index (χ3n) is 2.41.